The number of ether oxygens (including phenoxy) is 1. The Kier molecular flexibility index (Phi) is 5.23. The molecule has 0 amide bonds. The van der Waals surface area contributed by atoms with Gasteiger partial charge in [-0.3, -0.25) is 14.9 Å². The van der Waals surface area contributed by atoms with E-state index in [0.717, 1.165) is 17.2 Å². The first kappa shape index (κ1) is 17.5. The van der Waals surface area contributed by atoms with Crippen molar-refractivity contribution in [2.24, 2.45) is 0 Å². The molecule has 6 nitrogen and oxygen atoms in total. The Bertz CT molecular complexity index is 805. The van der Waals surface area contributed by atoms with E-state index in [1.807, 2.05) is 6.92 Å². The monoisotopic (exact) mass is 332 g/mol. The normalized spacial score (nSPS) is 10.5. The van der Waals surface area contributed by atoms with Crippen molar-refractivity contribution in [3.63, 3.8) is 0 Å². The number of rotatable bonds is 5. The average Bonchev–Trinajstić information content (AvgIpc) is 2.50. The molecule has 0 aliphatic carbocycles. The summed E-state index contributed by atoms with van der Waals surface area (Å²) in [4.78, 5) is 26.2. The third kappa shape index (κ3) is 3.73. The molecule has 1 aromatic carbocycles. The lowest BCUT2D eigenvalue weighted by molar-refractivity contribution is -0.384. The van der Waals surface area contributed by atoms with Gasteiger partial charge in [0.05, 0.1) is 23.5 Å². The second-order valence-corrected chi connectivity index (χ2v) is 5.36. The number of aryl methyl sites for hydroxylation is 2. The van der Waals surface area contributed by atoms with Crippen molar-refractivity contribution >= 4 is 11.7 Å². The van der Waals surface area contributed by atoms with Gasteiger partial charge in [-0.2, -0.15) is 4.39 Å². The lowest BCUT2D eigenvalue weighted by Crippen LogP contribution is -2.09. The predicted molar refractivity (Wildman–Crippen MR) is 86.1 cm³/mol. The van der Waals surface area contributed by atoms with E-state index in [1.54, 1.807) is 19.9 Å². The van der Waals surface area contributed by atoms with E-state index in [0.29, 0.717) is 16.7 Å². The first-order valence-corrected chi connectivity index (χ1v) is 7.39. The number of hydrogen-bond donors (Lipinski definition) is 0. The molecular formula is C17H17FN2O4. The molecule has 0 N–H and O–H groups in total. The van der Waals surface area contributed by atoms with Crippen LogP contribution in [0.5, 0.6) is 0 Å². The minimum atomic E-state index is -0.760. The third-order valence-electron chi connectivity index (χ3n) is 3.70. The van der Waals surface area contributed by atoms with Crippen LogP contribution in [0.15, 0.2) is 24.4 Å². The fourth-order valence-corrected chi connectivity index (χ4v) is 2.39. The zero-order chi connectivity index (χ0) is 17.9. The quantitative estimate of drug-likeness (QED) is 0.362. The van der Waals surface area contributed by atoms with Gasteiger partial charge in [0.15, 0.2) is 0 Å². The van der Waals surface area contributed by atoms with Gasteiger partial charge in [-0.25, -0.2) is 4.98 Å². The van der Waals surface area contributed by atoms with Crippen LogP contribution in [-0.2, 0) is 16.0 Å². The zero-order valence-corrected chi connectivity index (χ0v) is 13.6. The minimum absolute atomic E-state index is 0.114. The van der Waals surface area contributed by atoms with E-state index in [1.165, 1.54) is 12.3 Å². The maximum Gasteiger partial charge on any atom is 0.310 e. The molecule has 0 unspecified atom stereocenters. The largest absolute Gasteiger partial charge is 0.466 e. The second-order valence-electron chi connectivity index (χ2n) is 5.36. The number of nitro benzene ring substituents is 1. The first-order valence-electron chi connectivity index (χ1n) is 7.39. The Morgan fingerprint density at radius 2 is 1.92 bits per heavy atom. The molecule has 0 bridgehead atoms. The van der Waals surface area contributed by atoms with Gasteiger partial charge < -0.3 is 4.74 Å². The van der Waals surface area contributed by atoms with Crippen LogP contribution in [0.3, 0.4) is 0 Å². The maximum atomic E-state index is 13.5. The number of pyridine rings is 1. The molecule has 1 heterocycles. The van der Waals surface area contributed by atoms with E-state index in [4.69, 9.17) is 4.74 Å². The molecular weight excluding hydrogens is 315 g/mol. The smallest absolute Gasteiger partial charge is 0.310 e. The summed E-state index contributed by atoms with van der Waals surface area (Å²) in [6, 6.07) is 4.21. The van der Waals surface area contributed by atoms with E-state index in [9.17, 15) is 19.3 Å². The summed E-state index contributed by atoms with van der Waals surface area (Å²) in [5.74, 6) is -1.29. The third-order valence-corrected chi connectivity index (χ3v) is 3.70. The highest BCUT2D eigenvalue weighted by molar-refractivity contribution is 5.81. The van der Waals surface area contributed by atoms with Gasteiger partial charge in [0.1, 0.15) is 0 Å². The first-order chi connectivity index (χ1) is 11.3. The molecule has 24 heavy (non-hydrogen) atoms. The highest BCUT2D eigenvalue weighted by Crippen LogP contribution is 2.34. The van der Waals surface area contributed by atoms with Crippen molar-refractivity contribution in [1.82, 2.24) is 4.98 Å². The number of aromatic nitrogens is 1. The van der Waals surface area contributed by atoms with Crippen LogP contribution in [0.4, 0.5) is 10.1 Å². The molecule has 1 aromatic heterocycles. The number of nitrogens with zero attached hydrogens (tertiary/aromatic N) is 2. The van der Waals surface area contributed by atoms with Crippen molar-refractivity contribution in [2.75, 3.05) is 6.61 Å². The number of halogens is 1. The van der Waals surface area contributed by atoms with Crippen molar-refractivity contribution in [2.45, 2.75) is 27.2 Å². The summed E-state index contributed by atoms with van der Waals surface area (Å²) in [6.45, 7) is 5.46. The van der Waals surface area contributed by atoms with E-state index in [2.05, 4.69) is 4.98 Å². The van der Waals surface area contributed by atoms with Crippen LogP contribution in [0.25, 0.3) is 11.1 Å². The number of esters is 1. The SMILES string of the molecule is CCOC(=O)Cc1cc(F)ncc1-c1cc(C)c(C)cc1[N+](=O)[O-]. The predicted octanol–water partition coefficient (Wildman–Crippen LogP) is 3.52. The summed E-state index contributed by atoms with van der Waals surface area (Å²) in [6.07, 6.45) is 1.02. The fourth-order valence-electron chi connectivity index (χ4n) is 2.39. The summed E-state index contributed by atoms with van der Waals surface area (Å²) < 4.78 is 18.4. The summed E-state index contributed by atoms with van der Waals surface area (Å²) in [7, 11) is 0. The molecule has 0 saturated heterocycles. The molecule has 7 heteroatoms. The Morgan fingerprint density at radius 1 is 1.25 bits per heavy atom. The minimum Gasteiger partial charge on any atom is -0.466 e. The van der Waals surface area contributed by atoms with Gasteiger partial charge in [0.25, 0.3) is 5.69 Å². The number of hydrogen-bond acceptors (Lipinski definition) is 5. The van der Waals surface area contributed by atoms with Crippen LogP contribution in [0, 0.1) is 29.9 Å². The van der Waals surface area contributed by atoms with Crippen molar-refractivity contribution in [1.29, 1.82) is 0 Å². The van der Waals surface area contributed by atoms with Crippen LogP contribution in [0.2, 0.25) is 0 Å². The molecule has 0 atom stereocenters. The summed E-state index contributed by atoms with van der Waals surface area (Å²) in [5, 5.41) is 11.4. The van der Waals surface area contributed by atoms with Gasteiger partial charge in [-0.05, 0) is 49.6 Å². The molecule has 0 spiro atoms. The summed E-state index contributed by atoms with van der Waals surface area (Å²) >= 11 is 0. The van der Waals surface area contributed by atoms with Gasteiger partial charge in [0.2, 0.25) is 5.95 Å². The fraction of sp³-hybridized carbons (Fsp3) is 0.294. The number of carbonyl (C=O) groups excluding carboxylic acids is 1. The lowest BCUT2D eigenvalue weighted by Gasteiger charge is -2.11. The molecule has 0 aliphatic heterocycles. The van der Waals surface area contributed by atoms with Crippen LogP contribution >= 0.6 is 0 Å². The second kappa shape index (κ2) is 7.16. The lowest BCUT2D eigenvalue weighted by atomic mass is 9.95. The molecule has 2 rings (SSSR count). The van der Waals surface area contributed by atoms with Gasteiger partial charge >= 0.3 is 5.97 Å². The summed E-state index contributed by atoms with van der Waals surface area (Å²) in [5.41, 5.74) is 2.45. The van der Waals surface area contributed by atoms with Crippen molar-refractivity contribution in [3.05, 3.63) is 57.1 Å². The Balaban J connectivity index is 2.62. The molecule has 0 radical (unpaired) electrons. The standard InChI is InChI=1S/C17H17FN2O4/c1-4-24-17(21)8-12-7-16(18)19-9-14(12)13-5-10(2)11(3)6-15(13)20(22)23/h5-7,9H,4,8H2,1-3H3. The van der Waals surface area contributed by atoms with E-state index in [-0.39, 0.29) is 18.7 Å². The average molecular weight is 332 g/mol. The highest BCUT2D eigenvalue weighted by atomic mass is 19.1. The molecule has 0 aliphatic rings. The van der Waals surface area contributed by atoms with Crippen LogP contribution in [0.1, 0.15) is 23.6 Å². The van der Waals surface area contributed by atoms with Crippen LogP contribution in [-0.4, -0.2) is 22.5 Å². The molecule has 2 aromatic rings. The Labute approximate surface area is 138 Å². The number of nitro groups is 1. The Morgan fingerprint density at radius 3 is 2.54 bits per heavy atom. The molecule has 0 saturated carbocycles. The van der Waals surface area contributed by atoms with Gasteiger partial charge in [-0.15, -0.1) is 0 Å². The van der Waals surface area contributed by atoms with E-state index >= 15 is 0 Å². The Hall–Kier alpha value is -2.83. The molecule has 0 fully saturated rings. The number of benzene rings is 1. The highest BCUT2D eigenvalue weighted by Gasteiger charge is 2.21. The van der Waals surface area contributed by atoms with Crippen LogP contribution < -0.4 is 0 Å². The topological polar surface area (TPSA) is 82.3 Å². The van der Waals surface area contributed by atoms with Crippen molar-refractivity contribution < 1.29 is 18.8 Å². The zero-order valence-electron chi connectivity index (χ0n) is 13.6. The van der Waals surface area contributed by atoms with Crippen molar-refractivity contribution in [3.8, 4) is 11.1 Å². The van der Waals surface area contributed by atoms with Gasteiger partial charge in [-0.1, -0.05) is 0 Å². The molecule has 126 valence electrons. The van der Waals surface area contributed by atoms with E-state index < -0.39 is 16.8 Å². The van der Waals surface area contributed by atoms with Gasteiger partial charge in [0, 0.05) is 17.8 Å². The number of carbonyl (C=O) groups is 1. The maximum absolute atomic E-state index is 13.5.